The van der Waals surface area contributed by atoms with Crippen molar-refractivity contribution in [3.05, 3.63) is 53.1 Å². The van der Waals surface area contributed by atoms with E-state index in [2.05, 4.69) is 6.92 Å². The van der Waals surface area contributed by atoms with E-state index in [-0.39, 0.29) is 11.7 Å². The lowest BCUT2D eigenvalue weighted by Gasteiger charge is -2.07. The van der Waals surface area contributed by atoms with Gasteiger partial charge in [-0.25, -0.2) is 0 Å². The van der Waals surface area contributed by atoms with E-state index in [1.54, 1.807) is 13.0 Å². The summed E-state index contributed by atoms with van der Waals surface area (Å²) in [7, 11) is 0. The van der Waals surface area contributed by atoms with Crippen molar-refractivity contribution in [2.24, 2.45) is 0 Å². The number of phenols is 1. The number of ketones is 1. The Hall–Kier alpha value is -2.09. The van der Waals surface area contributed by atoms with Gasteiger partial charge in [0, 0.05) is 11.5 Å². The molecule has 0 saturated heterocycles. The molecule has 0 amide bonds. The number of hydrogen-bond acceptors (Lipinski definition) is 2. The van der Waals surface area contributed by atoms with Gasteiger partial charge in [0.15, 0.2) is 5.78 Å². The molecule has 90 valence electrons. The summed E-state index contributed by atoms with van der Waals surface area (Å²) in [5, 5.41) is 9.58. The van der Waals surface area contributed by atoms with Crippen LogP contribution in [0.2, 0.25) is 0 Å². The molecule has 1 aliphatic rings. The lowest BCUT2D eigenvalue weighted by molar-refractivity contribution is 0.101. The highest BCUT2D eigenvalue weighted by molar-refractivity contribution is 5.95. The Balaban J connectivity index is 2.23. The van der Waals surface area contributed by atoms with E-state index >= 15 is 0 Å². The topological polar surface area (TPSA) is 37.3 Å². The molecule has 0 bridgehead atoms. The molecule has 0 aromatic heterocycles. The van der Waals surface area contributed by atoms with E-state index in [1.165, 1.54) is 11.1 Å². The summed E-state index contributed by atoms with van der Waals surface area (Å²) in [5.74, 6) is 0.602. The second kappa shape index (κ2) is 3.70. The average Bonchev–Trinajstić information content (AvgIpc) is 2.62. The van der Waals surface area contributed by atoms with Crippen LogP contribution >= 0.6 is 0 Å². The molecular formula is C16H14O2. The molecule has 2 heteroatoms. The fourth-order valence-corrected chi connectivity index (χ4v) is 2.71. The van der Waals surface area contributed by atoms with E-state index in [9.17, 15) is 9.90 Å². The minimum absolute atomic E-state index is 0.0869. The van der Waals surface area contributed by atoms with Crippen molar-refractivity contribution in [2.45, 2.75) is 19.8 Å². The Bertz CT molecular complexity index is 656. The molecule has 1 unspecified atom stereocenters. The van der Waals surface area contributed by atoms with Gasteiger partial charge in [-0.3, -0.25) is 4.79 Å². The quantitative estimate of drug-likeness (QED) is 0.769. The highest BCUT2D eigenvalue weighted by Crippen LogP contribution is 2.45. The summed E-state index contributed by atoms with van der Waals surface area (Å²) in [6, 6.07) is 11.3. The van der Waals surface area contributed by atoms with E-state index in [0.717, 1.165) is 16.7 Å². The molecule has 0 spiro atoms. The molecule has 0 radical (unpaired) electrons. The Morgan fingerprint density at radius 3 is 2.33 bits per heavy atom. The highest BCUT2D eigenvalue weighted by atomic mass is 16.3. The minimum atomic E-state index is 0.0869. The zero-order valence-corrected chi connectivity index (χ0v) is 10.4. The number of aromatic hydroxyl groups is 1. The first kappa shape index (κ1) is 11.0. The molecule has 2 aromatic carbocycles. The van der Waals surface area contributed by atoms with Crippen molar-refractivity contribution in [1.82, 2.24) is 0 Å². The number of carbonyl (C=O) groups is 1. The monoisotopic (exact) mass is 238 g/mol. The van der Waals surface area contributed by atoms with Gasteiger partial charge in [0.05, 0.1) is 0 Å². The average molecular weight is 238 g/mol. The van der Waals surface area contributed by atoms with E-state index in [0.29, 0.717) is 5.75 Å². The zero-order chi connectivity index (χ0) is 12.9. The lowest BCUT2D eigenvalue weighted by atomic mass is 9.97. The largest absolute Gasteiger partial charge is 0.508 e. The lowest BCUT2D eigenvalue weighted by Crippen LogP contribution is -1.95. The van der Waals surface area contributed by atoms with E-state index in [1.807, 2.05) is 30.3 Å². The summed E-state index contributed by atoms with van der Waals surface area (Å²) < 4.78 is 0. The molecule has 2 nitrogen and oxygen atoms in total. The second-order valence-corrected chi connectivity index (χ2v) is 4.85. The maximum atomic E-state index is 11.4. The third-order valence-corrected chi connectivity index (χ3v) is 3.72. The fraction of sp³-hybridized carbons (Fsp3) is 0.188. The third-order valence-electron chi connectivity index (χ3n) is 3.72. The molecule has 1 aliphatic carbocycles. The Morgan fingerprint density at radius 2 is 1.67 bits per heavy atom. The number of Topliss-reactive ketones (excluding diaryl/α,β-unsaturated/α-hetero) is 1. The van der Waals surface area contributed by atoms with Gasteiger partial charge < -0.3 is 5.11 Å². The third kappa shape index (κ3) is 1.46. The normalized spacial score (nSPS) is 16.2. The molecule has 1 N–H and O–H groups in total. The molecule has 0 saturated carbocycles. The fourth-order valence-electron chi connectivity index (χ4n) is 2.71. The van der Waals surface area contributed by atoms with Gasteiger partial charge >= 0.3 is 0 Å². The number of benzene rings is 2. The number of rotatable bonds is 1. The van der Waals surface area contributed by atoms with Gasteiger partial charge in [-0.05, 0) is 47.4 Å². The number of fused-ring (bicyclic) bond motifs is 3. The predicted octanol–water partition coefficient (Wildman–Crippen LogP) is 3.73. The Kier molecular flexibility index (Phi) is 2.27. The van der Waals surface area contributed by atoms with Crippen LogP contribution in [-0.4, -0.2) is 10.9 Å². The summed E-state index contributed by atoms with van der Waals surface area (Å²) >= 11 is 0. The summed E-state index contributed by atoms with van der Waals surface area (Å²) in [5.41, 5.74) is 5.37. The maximum absolute atomic E-state index is 11.4. The zero-order valence-electron chi connectivity index (χ0n) is 10.4. The van der Waals surface area contributed by atoms with Gasteiger partial charge in [-0.2, -0.15) is 0 Å². The second-order valence-electron chi connectivity index (χ2n) is 4.85. The van der Waals surface area contributed by atoms with E-state index in [4.69, 9.17) is 0 Å². The smallest absolute Gasteiger partial charge is 0.159 e. The number of phenolic OH excluding ortho intramolecular Hbond substituents is 1. The maximum Gasteiger partial charge on any atom is 0.159 e. The van der Waals surface area contributed by atoms with Crippen LogP contribution in [0, 0.1) is 0 Å². The van der Waals surface area contributed by atoms with Crippen molar-refractivity contribution in [3.63, 3.8) is 0 Å². The highest BCUT2D eigenvalue weighted by Gasteiger charge is 2.26. The summed E-state index contributed by atoms with van der Waals surface area (Å²) in [6.07, 6.45) is 0. The SMILES string of the molecule is CC(=O)c1ccc2c(c1)C(C)c1cc(O)ccc1-2. The molecule has 0 heterocycles. The molecule has 0 aliphatic heterocycles. The van der Waals surface area contributed by atoms with Crippen molar-refractivity contribution >= 4 is 5.78 Å². The number of carbonyl (C=O) groups excluding carboxylic acids is 1. The first-order valence-corrected chi connectivity index (χ1v) is 6.06. The van der Waals surface area contributed by atoms with Crippen molar-refractivity contribution in [3.8, 4) is 16.9 Å². The first-order chi connectivity index (χ1) is 8.58. The Morgan fingerprint density at radius 1 is 1.06 bits per heavy atom. The van der Waals surface area contributed by atoms with Crippen LogP contribution in [0.5, 0.6) is 5.75 Å². The van der Waals surface area contributed by atoms with Crippen molar-refractivity contribution in [1.29, 1.82) is 0 Å². The van der Waals surface area contributed by atoms with Crippen molar-refractivity contribution < 1.29 is 9.90 Å². The minimum Gasteiger partial charge on any atom is -0.508 e. The van der Waals surface area contributed by atoms with Crippen LogP contribution in [0.1, 0.15) is 41.3 Å². The van der Waals surface area contributed by atoms with E-state index < -0.39 is 0 Å². The Labute approximate surface area is 106 Å². The molecule has 18 heavy (non-hydrogen) atoms. The van der Waals surface area contributed by atoms with Crippen LogP contribution in [0.25, 0.3) is 11.1 Å². The molecular weight excluding hydrogens is 224 g/mol. The van der Waals surface area contributed by atoms with Crippen LogP contribution in [0.3, 0.4) is 0 Å². The molecule has 2 aromatic rings. The van der Waals surface area contributed by atoms with Crippen LogP contribution in [-0.2, 0) is 0 Å². The van der Waals surface area contributed by atoms with Crippen LogP contribution in [0.4, 0.5) is 0 Å². The van der Waals surface area contributed by atoms with Gasteiger partial charge in [0.25, 0.3) is 0 Å². The number of hydrogen-bond donors (Lipinski definition) is 1. The predicted molar refractivity (Wildman–Crippen MR) is 71.1 cm³/mol. The molecule has 3 rings (SSSR count). The standard InChI is InChI=1S/C16H14O2/c1-9-15-7-11(10(2)17)3-5-13(15)14-6-4-12(18)8-16(9)14/h3-9,18H,1-2H3. The molecule has 1 atom stereocenters. The van der Waals surface area contributed by atoms with Gasteiger partial charge in [-0.15, -0.1) is 0 Å². The van der Waals surface area contributed by atoms with Crippen LogP contribution < -0.4 is 0 Å². The van der Waals surface area contributed by atoms with Gasteiger partial charge in [0.2, 0.25) is 0 Å². The summed E-state index contributed by atoms with van der Waals surface area (Å²) in [6.45, 7) is 3.69. The molecule has 0 fully saturated rings. The van der Waals surface area contributed by atoms with Gasteiger partial charge in [-0.1, -0.05) is 25.1 Å². The van der Waals surface area contributed by atoms with Gasteiger partial charge in [0.1, 0.15) is 5.75 Å². The van der Waals surface area contributed by atoms with Crippen molar-refractivity contribution in [2.75, 3.05) is 0 Å². The first-order valence-electron chi connectivity index (χ1n) is 6.06. The van der Waals surface area contributed by atoms with Crippen LogP contribution in [0.15, 0.2) is 36.4 Å². The summed E-state index contributed by atoms with van der Waals surface area (Å²) in [4.78, 5) is 11.4.